The van der Waals surface area contributed by atoms with Gasteiger partial charge in [0.25, 0.3) is 5.91 Å². The first kappa shape index (κ1) is 18.3. The molecule has 6 nitrogen and oxygen atoms in total. The summed E-state index contributed by atoms with van der Waals surface area (Å²) in [6, 6.07) is 6.03. The molecule has 2 N–H and O–H groups in total. The third-order valence-electron chi connectivity index (χ3n) is 4.51. The number of amides is 1. The molecule has 138 valence electrons. The van der Waals surface area contributed by atoms with Gasteiger partial charge in [-0.1, -0.05) is 35.1 Å². The van der Waals surface area contributed by atoms with Crippen molar-refractivity contribution in [2.75, 3.05) is 6.54 Å². The maximum absolute atomic E-state index is 13.7. The van der Waals surface area contributed by atoms with Gasteiger partial charge in [-0.25, -0.2) is 9.07 Å². The summed E-state index contributed by atoms with van der Waals surface area (Å²) in [7, 11) is 0. The van der Waals surface area contributed by atoms with Crippen molar-refractivity contribution in [3.05, 3.63) is 59.2 Å². The van der Waals surface area contributed by atoms with Gasteiger partial charge >= 0.3 is 0 Å². The SMILES string of the molecule is O=C(NCCC1=CCCCC1)c1cn(CC(O)c2ccccc2F)nn1. The smallest absolute Gasteiger partial charge is 0.273 e. The van der Waals surface area contributed by atoms with E-state index in [-0.39, 0.29) is 23.7 Å². The fourth-order valence-electron chi connectivity index (χ4n) is 3.07. The molecule has 0 bridgehead atoms. The number of hydrogen-bond acceptors (Lipinski definition) is 4. The molecule has 0 aliphatic heterocycles. The number of aromatic nitrogens is 3. The number of carbonyl (C=O) groups excluding carboxylic acids is 1. The van der Waals surface area contributed by atoms with Gasteiger partial charge in [0.1, 0.15) is 11.9 Å². The Balaban J connectivity index is 1.51. The van der Waals surface area contributed by atoms with Crippen LogP contribution in [0.25, 0.3) is 0 Å². The van der Waals surface area contributed by atoms with Crippen LogP contribution in [0.1, 0.15) is 54.3 Å². The molecular formula is C19H23FN4O2. The van der Waals surface area contributed by atoms with E-state index in [1.165, 1.54) is 41.4 Å². The first-order valence-electron chi connectivity index (χ1n) is 8.92. The Kier molecular flexibility index (Phi) is 6.12. The molecule has 7 heteroatoms. The lowest BCUT2D eigenvalue weighted by Gasteiger charge is -2.12. The van der Waals surface area contributed by atoms with Crippen molar-refractivity contribution in [1.29, 1.82) is 0 Å². The Bertz CT molecular complexity index is 787. The molecule has 26 heavy (non-hydrogen) atoms. The minimum absolute atomic E-state index is 0.0219. The zero-order valence-corrected chi connectivity index (χ0v) is 14.6. The van der Waals surface area contributed by atoms with Gasteiger partial charge < -0.3 is 10.4 Å². The lowest BCUT2D eigenvalue weighted by atomic mass is 9.97. The number of halogens is 1. The normalized spacial score (nSPS) is 15.4. The van der Waals surface area contributed by atoms with Crippen molar-refractivity contribution in [3.8, 4) is 0 Å². The second kappa shape index (κ2) is 8.71. The summed E-state index contributed by atoms with van der Waals surface area (Å²) in [6.07, 6.45) is 8.21. The van der Waals surface area contributed by atoms with Crippen LogP contribution in [0, 0.1) is 5.82 Å². The number of allylic oxidation sites excluding steroid dienone is 1. The van der Waals surface area contributed by atoms with E-state index in [0.29, 0.717) is 6.54 Å². The summed E-state index contributed by atoms with van der Waals surface area (Å²) in [5.41, 5.74) is 1.77. The molecule has 1 unspecified atom stereocenters. The van der Waals surface area contributed by atoms with Crippen LogP contribution in [-0.4, -0.2) is 32.6 Å². The highest BCUT2D eigenvalue weighted by Crippen LogP contribution is 2.20. The minimum atomic E-state index is -1.06. The lowest BCUT2D eigenvalue weighted by molar-refractivity contribution is 0.0948. The Morgan fingerprint density at radius 1 is 1.35 bits per heavy atom. The van der Waals surface area contributed by atoms with Crippen LogP contribution < -0.4 is 5.32 Å². The highest BCUT2D eigenvalue weighted by Gasteiger charge is 2.16. The average molecular weight is 358 g/mol. The molecule has 0 radical (unpaired) electrons. The molecule has 0 fully saturated rings. The molecule has 0 spiro atoms. The van der Waals surface area contributed by atoms with Crippen LogP contribution >= 0.6 is 0 Å². The van der Waals surface area contributed by atoms with E-state index in [1.54, 1.807) is 12.1 Å². The van der Waals surface area contributed by atoms with Crippen molar-refractivity contribution in [1.82, 2.24) is 20.3 Å². The van der Waals surface area contributed by atoms with Gasteiger partial charge in [-0.3, -0.25) is 4.79 Å². The molecule has 3 rings (SSSR count). The number of hydrogen-bond donors (Lipinski definition) is 2. The van der Waals surface area contributed by atoms with E-state index in [9.17, 15) is 14.3 Å². The topological polar surface area (TPSA) is 80.0 Å². The zero-order chi connectivity index (χ0) is 18.4. The predicted molar refractivity (Wildman–Crippen MR) is 94.9 cm³/mol. The monoisotopic (exact) mass is 358 g/mol. The Morgan fingerprint density at radius 3 is 2.96 bits per heavy atom. The molecule has 1 amide bonds. The van der Waals surface area contributed by atoms with E-state index < -0.39 is 11.9 Å². The Morgan fingerprint density at radius 2 is 2.19 bits per heavy atom. The van der Waals surface area contributed by atoms with Gasteiger partial charge in [0.15, 0.2) is 5.69 Å². The number of carbonyl (C=O) groups is 1. The van der Waals surface area contributed by atoms with Crippen LogP contribution in [0.5, 0.6) is 0 Å². The van der Waals surface area contributed by atoms with Crippen molar-refractivity contribution in [2.24, 2.45) is 0 Å². The van der Waals surface area contributed by atoms with Crippen LogP contribution in [0.15, 0.2) is 42.1 Å². The number of benzene rings is 1. The average Bonchev–Trinajstić information content (AvgIpc) is 3.11. The highest BCUT2D eigenvalue weighted by molar-refractivity contribution is 5.91. The van der Waals surface area contributed by atoms with Gasteiger partial charge in [-0.05, 0) is 38.2 Å². The molecule has 1 aromatic carbocycles. The van der Waals surface area contributed by atoms with Crippen molar-refractivity contribution < 1.29 is 14.3 Å². The molecule has 1 atom stereocenters. The largest absolute Gasteiger partial charge is 0.386 e. The van der Waals surface area contributed by atoms with Crippen LogP contribution in [0.3, 0.4) is 0 Å². The van der Waals surface area contributed by atoms with Crippen molar-refractivity contribution in [3.63, 3.8) is 0 Å². The summed E-state index contributed by atoms with van der Waals surface area (Å²) in [4.78, 5) is 12.1. The quantitative estimate of drug-likeness (QED) is 0.746. The number of nitrogens with zero attached hydrogens (tertiary/aromatic N) is 3. The summed E-state index contributed by atoms with van der Waals surface area (Å²) in [6.45, 7) is 0.587. The van der Waals surface area contributed by atoms with Crippen LogP contribution in [-0.2, 0) is 6.54 Å². The second-order valence-corrected chi connectivity index (χ2v) is 6.48. The number of aliphatic hydroxyl groups excluding tert-OH is 1. The van der Waals surface area contributed by atoms with E-state index in [2.05, 4.69) is 21.7 Å². The summed E-state index contributed by atoms with van der Waals surface area (Å²) in [5, 5.41) is 20.7. The highest BCUT2D eigenvalue weighted by atomic mass is 19.1. The van der Waals surface area contributed by atoms with Gasteiger partial charge in [-0.15, -0.1) is 5.10 Å². The van der Waals surface area contributed by atoms with Crippen LogP contribution in [0.4, 0.5) is 4.39 Å². The number of rotatable bonds is 7. The van der Waals surface area contributed by atoms with Crippen molar-refractivity contribution in [2.45, 2.75) is 44.8 Å². The fourth-order valence-corrected chi connectivity index (χ4v) is 3.07. The van der Waals surface area contributed by atoms with Gasteiger partial charge in [0.2, 0.25) is 0 Å². The third-order valence-corrected chi connectivity index (χ3v) is 4.51. The lowest BCUT2D eigenvalue weighted by Crippen LogP contribution is -2.25. The maximum atomic E-state index is 13.7. The van der Waals surface area contributed by atoms with Crippen molar-refractivity contribution >= 4 is 5.91 Å². The first-order chi connectivity index (χ1) is 12.6. The fraction of sp³-hybridized carbons (Fsp3) is 0.421. The third kappa shape index (κ3) is 4.76. The summed E-state index contributed by atoms with van der Waals surface area (Å²) < 4.78 is 15.0. The first-order valence-corrected chi connectivity index (χ1v) is 8.92. The molecule has 1 aliphatic carbocycles. The molecular weight excluding hydrogens is 335 g/mol. The Hall–Kier alpha value is -2.54. The summed E-state index contributed by atoms with van der Waals surface area (Å²) >= 11 is 0. The molecule has 1 aliphatic rings. The molecule has 1 aromatic heterocycles. The minimum Gasteiger partial charge on any atom is -0.386 e. The standard InChI is InChI=1S/C19H23FN4O2/c20-16-9-5-4-8-15(16)18(25)13-24-12-17(22-23-24)19(26)21-11-10-14-6-2-1-3-7-14/h4-6,8-9,12,18,25H,1-3,7,10-11,13H2,(H,21,26). The van der Waals surface area contributed by atoms with E-state index in [0.717, 1.165) is 19.3 Å². The Labute approximate surface area is 151 Å². The molecule has 0 saturated heterocycles. The molecule has 2 aromatic rings. The van der Waals surface area contributed by atoms with E-state index in [4.69, 9.17) is 0 Å². The van der Waals surface area contributed by atoms with E-state index >= 15 is 0 Å². The van der Waals surface area contributed by atoms with Crippen LogP contribution in [0.2, 0.25) is 0 Å². The maximum Gasteiger partial charge on any atom is 0.273 e. The molecule has 0 saturated carbocycles. The van der Waals surface area contributed by atoms with E-state index in [1.807, 2.05) is 0 Å². The van der Waals surface area contributed by atoms with Gasteiger partial charge in [0, 0.05) is 12.1 Å². The van der Waals surface area contributed by atoms with Gasteiger partial charge in [0.05, 0.1) is 12.7 Å². The zero-order valence-electron chi connectivity index (χ0n) is 14.6. The summed E-state index contributed by atoms with van der Waals surface area (Å²) in [5.74, 6) is -0.775. The second-order valence-electron chi connectivity index (χ2n) is 6.48. The van der Waals surface area contributed by atoms with Gasteiger partial charge in [-0.2, -0.15) is 0 Å². The number of nitrogens with one attached hydrogen (secondary N) is 1. The number of aliphatic hydroxyl groups is 1. The predicted octanol–water partition coefficient (Wildman–Crippen LogP) is 2.77. The molecule has 1 heterocycles.